The molecule has 1 saturated heterocycles. The van der Waals surface area contributed by atoms with E-state index in [-0.39, 0.29) is 31.1 Å². The van der Waals surface area contributed by atoms with Gasteiger partial charge in [-0.1, -0.05) is 17.3 Å². The van der Waals surface area contributed by atoms with Gasteiger partial charge in [-0.2, -0.15) is 0 Å². The number of rotatable bonds is 13. The molecule has 1 aliphatic rings. The fraction of sp³-hybridized carbons (Fsp3) is 0.480. The zero-order valence-electron chi connectivity index (χ0n) is 21.5. The van der Waals surface area contributed by atoms with E-state index in [1.165, 1.54) is 20.1 Å². The minimum atomic E-state index is -1.10. The number of nitrogens with one attached hydrogen (secondary N) is 3. The summed E-state index contributed by atoms with van der Waals surface area (Å²) in [4.78, 5) is 51.3. The third-order valence-corrected chi connectivity index (χ3v) is 5.90. The minimum absolute atomic E-state index is 0.00729. The molecule has 1 aliphatic heterocycles. The van der Waals surface area contributed by atoms with Crippen molar-refractivity contribution in [3.05, 3.63) is 47.3 Å². The lowest BCUT2D eigenvalue weighted by Crippen LogP contribution is -2.56. The highest BCUT2D eigenvalue weighted by atomic mass is 16.6. The van der Waals surface area contributed by atoms with Crippen molar-refractivity contribution in [3.63, 3.8) is 0 Å². The van der Waals surface area contributed by atoms with Gasteiger partial charge in [0.25, 0.3) is 5.91 Å². The molecule has 12 nitrogen and oxygen atoms in total. The molecule has 3 N–H and O–H groups in total. The molecule has 200 valence electrons. The molecule has 1 fully saturated rings. The van der Waals surface area contributed by atoms with E-state index in [9.17, 15) is 19.2 Å². The smallest absolute Gasteiger partial charge is 0.274 e. The summed E-state index contributed by atoms with van der Waals surface area (Å²) in [5, 5.41) is 11.4. The summed E-state index contributed by atoms with van der Waals surface area (Å²) < 4.78 is 20.4. The first kappa shape index (κ1) is 27.8. The van der Waals surface area contributed by atoms with Crippen LogP contribution in [0.25, 0.3) is 0 Å². The first-order valence-corrected chi connectivity index (χ1v) is 11.7. The number of epoxide rings is 1. The molecule has 3 rings (SSSR count). The molecule has 4 unspecified atom stereocenters. The van der Waals surface area contributed by atoms with Crippen molar-refractivity contribution < 1.29 is 37.9 Å². The second-order valence-corrected chi connectivity index (χ2v) is 9.03. The lowest BCUT2D eigenvalue weighted by Gasteiger charge is -2.24. The van der Waals surface area contributed by atoms with Crippen LogP contribution in [0.15, 0.2) is 34.9 Å². The van der Waals surface area contributed by atoms with Crippen LogP contribution >= 0.6 is 0 Å². The van der Waals surface area contributed by atoms with Crippen molar-refractivity contribution in [3.8, 4) is 5.75 Å². The predicted molar refractivity (Wildman–Crippen MR) is 130 cm³/mol. The zero-order valence-corrected chi connectivity index (χ0v) is 21.5. The quantitative estimate of drug-likeness (QED) is 0.319. The maximum atomic E-state index is 13.1. The van der Waals surface area contributed by atoms with Gasteiger partial charge in [-0.25, -0.2) is 0 Å². The van der Waals surface area contributed by atoms with E-state index in [4.69, 9.17) is 18.7 Å². The number of ether oxygens (including phenoxy) is 3. The van der Waals surface area contributed by atoms with Crippen molar-refractivity contribution in [1.82, 2.24) is 21.1 Å². The van der Waals surface area contributed by atoms with Gasteiger partial charge in [0.1, 0.15) is 29.2 Å². The average Bonchev–Trinajstić information content (AvgIpc) is 3.48. The maximum Gasteiger partial charge on any atom is 0.274 e. The van der Waals surface area contributed by atoms with Crippen molar-refractivity contribution in [2.45, 2.75) is 50.9 Å². The molecule has 0 saturated carbocycles. The van der Waals surface area contributed by atoms with E-state index in [0.717, 1.165) is 5.56 Å². The molecule has 1 aromatic heterocycles. The lowest BCUT2D eigenvalue weighted by molar-refractivity contribution is -0.133. The Morgan fingerprint density at radius 1 is 1.05 bits per heavy atom. The first-order valence-electron chi connectivity index (χ1n) is 11.7. The number of amides is 3. The Bertz CT molecular complexity index is 1130. The number of benzene rings is 1. The average molecular weight is 517 g/mol. The molecule has 2 aromatic rings. The molecule has 3 amide bonds. The number of Topliss-reactive ketones (excluding diaryl/α,β-unsaturated/α-hetero) is 1. The third-order valence-electron chi connectivity index (χ3n) is 5.90. The molecule has 37 heavy (non-hydrogen) atoms. The highest BCUT2D eigenvalue weighted by Crippen LogP contribution is 2.29. The van der Waals surface area contributed by atoms with Gasteiger partial charge in [0.05, 0.1) is 26.4 Å². The molecular formula is C25H32N4O8. The number of carbonyl (C=O) groups is 4. The number of carbonyl (C=O) groups excluding carboxylic acids is 4. The fourth-order valence-corrected chi connectivity index (χ4v) is 3.56. The number of aromatic nitrogens is 1. The highest BCUT2D eigenvalue weighted by Gasteiger charge is 2.50. The standard InChI is InChI=1S/C25H32N4O8/c1-14-10-19(29-37-14)23(32)28-20(12-34-4)24(33)26-15(2)22(31)27-18(21(30)25(3)13-36-25)11-16-6-8-17(35-5)9-7-16/h6-10,15,18,20H,11-13H2,1-5H3,(H,26,33)(H,27,31)(H,28,32). The van der Waals surface area contributed by atoms with Crippen LogP contribution in [0.3, 0.4) is 0 Å². The highest BCUT2D eigenvalue weighted by molar-refractivity contribution is 5.99. The summed E-state index contributed by atoms with van der Waals surface area (Å²) >= 11 is 0. The van der Waals surface area contributed by atoms with Crippen molar-refractivity contribution in [2.24, 2.45) is 0 Å². The van der Waals surface area contributed by atoms with E-state index in [1.54, 1.807) is 45.2 Å². The number of hydrogen-bond acceptors (Lipinski definition) is 9. The topological polar surface area (TPSA) is 161 Å². The molecule has 12 heteroatoms. The fourth-order valence-electron chi connectivity index (χ4n) is 3.56. The molecule has 0 bridgehead atoms. The molecular weight excluding hydrogens is 484 g/mol. The lowest BCUT2D eigenvalue weighted by atomic mass is 9.94. The first-order chi connectivity index (χ1) is 17.6. The van der Waals surface area contributed by atoms with E-state index in [0.29, 0.717) is 11.5 Å². The van der Waals surface area contributed by atoms with Gasteiger partial charge in [-0.05, 0) is 44.9 Å². The van der Waals surface area contributed by atoms with Gasteiger partial charge in [0.2, 0.25) is 11.8 Å². The van der Waals surface area contributed by atoms with Crippen LogP contribution < -0.4 is 20.7 Å². The van der Waals surface area contributed by atoms with Crippen LogP contribution in [0.5, 0.6) is 5.75 Å². The van der Waals surface area contributed by atoms with Crippen molar-refractivity contribution in [1.29, 1.82) is 0 Å². The number of aryl methyl sites for hydroxylation is 1. The Morgan fingerprint density at radius 2 is 1.73 bits per heavy atom. The van der Waals surface area contributed by atoms with Crippen LogP contribution in [0.1, 0.15) is 35.7 Å². The molecule has 0 aliphatic carbocycles. The van der Waals surface area contributed by atoms with Crippen LogP contribution in [-0.2, 0) is 30.3 Å². The summed E-state index contributed by atoms with van der Waals surface area (Å²) in [5.74, 6) is -1.00. The molecule has 4 atom stereocenters. The normalized spacial score (nSPS) is 18.7. The van der Waals surface area contributed by atoms with Crippen LogP contribution in [0.4, 0.5) is 0 Å². The van der Waals surface area contributed by atoms with E-state index < -0.39 is 41.4 Å². The van der Waals surface area contributed by atoms with E-state index in [1.807, 2.05) is 0 Å². The van der Waals surface area contributed by atoms with Crippen LogP contribution in [0.2, 0.25) is 0 Å². The number of nitrogens with zero attached hydrogens (tertiary/aromatic N) is 1. The summed E-state index contributed by atoms with van der Waals surface area (Å²) in [6.45, 7) is 4.91. The van der Waals surface area contributed by atoms with Gasteiger partial charge in [-0.15, -0.1) is 0 Å². The van der Waals surface area contributed by atoms with Crippen LogP contribution in [-0.4, -0.2) is 79.8 Å². The second-order valence-electron chi connectivity index (χ2n) is 9.03. The van der Waals surface area contributed by atoms with Crippen LogP contribution in [0, 0.1) is 6.92 Å². The number of ketones is 1. The summed E-state index contributed by atoms with van der Waals surface area (Å²) in [6, 6.07) is 5.58. The predicted octanol–water partition coefficient (Wildman–Crippen LogP) is 0.327. The minimum Gasteiger partial charge on any atom is -0.497 e. The summed E-state index contributed by atoms with van der Waals surface area (Å²) in [6.07, 6.45) is 0.230. The van der Waals surface area contributed by atoms with E-state index in [2.05, 4.69) is 21.1 Å². The molecule has 1 aromatic carbocycles. The van der Waals surface area contributed by atoms with Gasteiger partial charge in [-0.3, -0.25) is 19.2 Å². The maximum absolute atomic E-state index is 13.1. The Balaban J connectivity index is 1.64. The Kier molecular flexibility index (Phi) is 9.00. The van der Waals surface area contributed by atoms with Gasteiger partial charge in [0.15, 0.2) is 11.5 Å². The van der Waals surface area contributed by atoms with Crippen molar-refractivity contribution in [2.75, 3.05) is 27.4 Å². The van der Waals surface area contributed by atoms with E-state index >= 15 is 0 Å². The van der Waals surface area contributed by atoms with Gasteiger partial charge < -0.3 is 34.7 Å². The van der Waals surface area contributed by atoms with Gasteiger partial charge in [0, 0.05) is 13.2 Å². The number of hydrogen-bond donors (Lipinski definition) is 3. The Hall–Kier alpha value is -3.77. The SMILES string of the molecule is COCC(NC(=O)c1cc(C)on1)C(=O)NC(C)C(=O)NC(Cc1ccc(OC)cc1)C(=O)C1(C)CO1. The Morgan fingerprint density at radius 3 is 2.27 bits per heavy atom. The molecule has 0 radical (unpaired) electrons. The summed E-state index contributed by atoms with van der Waals surface area (Å²) in [7, 11) is 2.93. The molecule has 2 heterocycles. The summed E-state index contributed by atoms with van der Waals surface area (Å²) in [5.41, 5.74) is -0.135. The van der Waals surface area contributed by atoms with Gasteiger partial charge >= 0.3 is 0 Å². The van der Waals surface area contributed by atoms with Crippen molar-refractivity contribution >= 4 is 23.5 Å². The second kappa shape index (κ2) is 12.0. The Labute approximate surface area is 214 Å². The molecule has 0 spiro atoms. The monoisotopic (exact) mass is 516 g/mol. The number of methoxy groups -OCH3 is 2. The third kappa shape index (κ3) is 7.37. The zero-order chi connectivity index (χ0) is 27.2. The largest absolute Gasteiger partial charge is 0.497 e.